The van der Waals surface area contributed by atoms with Gasteiger partial charge in [-0.05, 0) is 30.1 Å². The Hall–Kier alpha value is -1.30. The zero-order valence-electron chi connectivity index (χ0n) is 9.98. The van der Waals surface area contributed by atoms with E-state index in [9.17, 15) is 4.79 Å². The fourth-order valence-electron chi connectivity index (χ4n) is 2.15. The second kappa shape index (κ2) is 5.14. The lowest BCUT2D eigenvalue weighted by Crippen LogP contribution is -2.39. The number of hydrogen-bond acceptors (Lipinski definition) is 4. The van der Waals surface area contributed by atoms with Crippen LogP contribution in [0.15, 0.2) is 40.2 Å². The highest BCUT2D eigenvalue weighted by Gasteiger charge is 2.12. The molecule has 1 aromatic heterocycles. The molecule has 5 heteroatoms. The quantitative estimate of drug-likeness (QED) is 0.803. The monoisotopic (exact) mass is 261 g/mol. The third kappa shape index (κ3) is 2.29. The summed E-state index contributed by atoms with van der Waals surface area (Å²) in [6.45, 7) is 4.12. The number of rotatable bonds is 2. The second-order valence-corrected chi connectivity index (χ2v) is 5.43. The Morgan fingerprint density at radius 1 is 1.11 bits per heavy atom. The Balaban J connectivity index is 1.96. The number of pyridine rings is 1. The van der Waals surface area contributed by atoms with Crippen molar-refractivity contribution in [1.29, 1.82) is 0 Å². The van der Waals surface area contributed by atoms with Gasteiger partial charge in [-0.2, -0.15) is 0 Å². The topological polar surface area (TPSA) is 48.1 Å². The van der Waals surface area contributed by atoms with Crippen LogP contribution in [-0.2, 0) is 0 Å². The van der Waals surface area contributed by atoms with Gasteiger partial charge >= 0.3 is 0 Å². The Morgan fingerprint density at radius 2 is 1.94 bits per heavy atom. The van der Waals surface area contributed by atoms with Crippen LogP contribution in [0.1, 0.15) is 0 Å². The third-order valence-electron chi connectivity index (χ3n) is 3.08. The molecule has 0 saturated carbocycles. The number of piperazine rings is 1. The van der Waals surface area contributed by atoms with Crippen molar-refractivity contribution < 1.29 is 0 Å². The molecule has 1 aliphatic heterocycles. The third-order valence-corrected chi connectivity index (χ3v) is 4.25. The molecule has 94 valence electrons. The SMILES string of the molecule is O=c1[nH]ccc2c(SN3CCNCC3)cccc12. The molecule has 3 rings (SSSR count). The van der Waals surface area contributed by atoms with Crippen LogP contribution in [0.5, 0.6) is 0 Å². The lowest BCUT2D eigenvalue weighted by molar-refractivity contribution is 0.396. The van der Waals surface area contributed by atoms with E-state index in [0.29, 0.717) is 0 Å². The van der Waals surface area contributed by atoms with Gasteiger partial charge in [0.05, 0.1) is 0 Å². The Kier molecular flexibility index (Phi) is 3.36. The van der Waals surface area contributed by atoms with Crippen LogP contribution >= 0.6 is 11.9 Å². The van der Waals surface area contributed by atoms with E-state index in [-0.39, 0.29) is 5.56 Å². The molecule has 0 aliphatic carbocycles. The molecule has 0 amide bonds. The summed E-state index contributed by atoms with van der Waals surface area (Å²) in [6, 6.07) is 7.87. The van der Waals surface area contributed by atoms with Crippen LogP contribution in [0.2, 0.25) is 0 Å². The van der Waals surface area contributed by atoms with Gasteiger partial charge in [-0.3, -0.25) is 4.79 Å². The maximum atomic E-state index is 11.7. The van der Waals surface area contributed by atoms with Crippen LogP contribution in [0.3, 0.4) is 0 Å². The number of nitrogens with one attached hydrogen (secondary N) is 2. The maximum Gasteiger partial charge on any atom is 0.255 e. The maximum absolute atomic E-state index is 11.7. The summed E-state index contributed by atoms with van der Waals surface area (Å²) in [6.07, 6.45) is 1.71. The van der Waals surface area contributed by atoms with Gasteiger partial charge in [-0.1, -0.05) is 6.07 Å². The molecule has 0 radical (unpaired) electrons. The summed E-state index contributed by atoms with van der Waals surface area (Å²) in [5.74, 6) is 0. The van der Waals surface area contributed by atoms with Gasteiger partial charge < -0.3 is 10.3 Å². The minimum absolute atomic E-state index is 0.0183. The summed E-state index contributed by atoms with van der Waals surface area (Å²) < 4.78 is 2.34. The predicted molar refractivity (Wildman–Crippen MR) is 74.9 cm³/mol. The van der Waals surface area contributed by atoms with Crippen molar-refractivity contribution >= 4 is 22.7 Å². The van der Waals surface area contributed by atoms with Gasteiger partial charge in [-0.15, -0.1) is 0 Å². The molecular weight excluding hydrogens is 246 g/mol. The van der Waals surface area contributed by atoms with E-state index in [1.807, 2.05) is 18.2 Å². The van der Waals surface area contributed by atoms with Gasteiger partial charge in [0.25, 0.3) is 5.56 Å². The van der Waals surface area contributed by atoms with E-state index in [1.54, 1.807) is 18.1 Å². The highest BCUT2D eigenvalue weighted by Crippen LogP contribution is 2.28. The number of H-pyrrole nitrogens is 1. The molecule has 2 N–H and O–H groups in total. The van der Waals surface area contributed by atoms with Crippen LogP contribution in [0.4, 0.5) is 0 Å². The van der Waals surface area contributed by atoms with E-state index in [0.717, 1.165) is 41.8 Å². The number of hydrogen-bond donors (Lipinski definition) is 2. The molecule has 1 fully saturated rings. The molecule has 1 aliphatic rings. The Labute approximate surface area is 110 Å². The number of benzene rings is 1. The summed E-state index contributed by atoms with van der Waals surface area (Å²) in [4.78, 5) is 15.6. The summed E-state index contributed by atoms with van der Waals surface area (Å²) in [7, 11) is 0. The molecule has 2 aromatic rings. The predicted octanol–water partition coefficient (Wildman–Crippen LogP) is 1.44. The van der Waals surface area contributed by atoms with Gasteiger partial charge in [0.2, 0.25) is 0 Å². The number of aromatic nitrogens is 1. The van der Waals surface area contributed by atoms with Crippen molar-refractivity contribution in [3.05, 3.63) is 40.8 Å². The molecule has 1 aromatic carbocycles. The summed E-state index contributed by atoms with van der Waals surface area (Å²) in [5, 5.41) is 5.13. The Bertz CT molecular complexity index is 604. The highest BCUT2D eigenvalue weighted by molar-refractivity contribution is 7.97. The van der Waals surface area contributed by atoms with Crippen LogP contribution in [0.25, 0.3) is 10.8 Å². The highest BCUT2D eigenvalue weighted by atomic mass is 32.2. The largest absolute Gasteiger partial charge is 0.329 e. The first-order valence-electron chi connectivity index (χ1n) is 6.09. The average molecular weight is 261 g/mol. The van der Waals surface area contributed by atoms with Crippen molar-refractivity contribution in [1.82, 2.24) is 14.6 Å². The molecule has 0 unspecified atom stereocenters. The van der Waals surface area contributed by atoms with Crippen molar-refractivity contribution in [2.45, 2.75) is 4.90 Å². The molecular formula is C13H15N3OS. The van der Waals surface area contributed by atoms with E-state index >= 15 is 0 Å². The number of fused-ring (bicyclic) bond motifs is 1. The minimum atomic E-state index is -0.0183. The first-order chi connectivity index (χ1) is 8.84. The minimum Gasteiger partial charge on any atom is -0.329 e. The van der Waals surface area contributed by atoms with Crippen LogP contribution in [0, 0.1) is 0 Å². The van der Waals surface area contributed by atoms with Gasteiger partial charge in [0, 0.05) is 48.0 Å². The molecule has 18 heavy (non-hydrogen) atoms. The smallest absolute Gasteiger partial charge is 0.255 e. The van der Waals surface area contributed by atoms with E-state index in [2.05, 4.69) is 20.7 Å². The molecule has 2 heterocycles. The first-order valence-corrected chi connectivity index (χ1v) is 6.86. The van der Waals surface area contributed by atoms with Crippen molar-refractivity contribution in [2.75, 3.05) is 26.2 Å². The number of aromatic amines is 1. The lowest BCUT2D eigenvalue weighted by atomic mass is 10.2. The van der Waals surface area contributed by atoms with Crippen LogP contribution in [-0.4, -0.2) is 35.5 Å². The van der Waals surface area contributed by atoms with E-state index < -0.39 is 0 Å². The summed E-state index contributed by atoms with van der Waals surface area (Å²) in [5.41, 5.74) is -0.0183. The van der Waals surface area contributed by atoms with Gasteiger partial charge in [0.15, 0.2) is 0 Å². The van der Waals surface area contributed by atoms with Gasteiger partial charge in [-0.25, -0.2) is 4.31 Å². The lowest BCUT2D eigenvalue weighted by Gasteiger charge is -2.26. The zero-order valence-corrected chi connectivity index (χ0v) is 10.8. The van der Waals surface area contributed by atoms with Crippen LogP contribution < -0.4 is 10.9 Å². The summed E-state index contributed by atoms with van der Waals surface area (Å²) >= 11 is 1.74. The van der Waals surface area contributed by atoms with E-state index in [4.69, 9.17) is 0 Å². The molecule has 0 bridgehead atoms. The number of nitrogens with zero attached hydrogens (tertiary/aromatic N) is 1. The standard InChI is InChI=1S/C13H15N3OS/c17-13-11-2-1-3-12(10(11)4-5-15-13)18-16-8-6-14-7-9-16/h1-5,14H,6-9H2,(H,15,17). The zero-order chi connectivity index (χ0) is 12.4. The fraction of sp³-hybridized carbons (Fsp3) is 0.308. The van der Waals surface area contributed by atoms with Crippen molar-refractivity contribution in [3.63, 3.8) is 0 Å². The van der Waals surface area contributed by atoms with Crippen molar-refractivity contribution in [3.8, 4) is 0 Å². The molecule has 4 nitrogen and oxygen atoms in total. The Morgan fingerprint density at radius 3 is 2.78 bits per heavy atom. The first kappa shape index (κ1) is 11.8. The average Bonchev–Trinajstić information content (AvgIpc) is 2.41. The molecule has 1 saturated heterocycles. The molecule has 0 atom stereocenters. The molecule has 0 spiro atoms. The van der Waals surface area contributed by atoms with Gasteiger partial charge in [0.1, 0.15) is 0 Å². The normalized spacial score (nSPS) is 17.1. The van der Waals surface area contributed by atoms with Crippen molar-refractivity contribution in [2.24, 2.45) is 0 Å². The second-order valence-electron chi connectivity index (χ2n) is 4.29. The van der Waals surface area contributed by atoms with E-state index in [1.165, 1.54) is 0 Å². The fourth-order valence-corrected chi connectivity index (χ4v) is 3.21.